The van der Waals surface area contributed by atoms with E-state index in [1.807, 2.05) is 19.9 Å². The monoisotopic (exact) mass is 268 g/mol. The number of carbonyl (C=O) groups is 1. The maximum atomic E-state index is 12.2. The molecule has 0 atom stereocenters. The quantitative estimate of drug-likeness (QED) is 0.779. The SMILES string of the molecule is CCc1nc(CC)n(CC(=O)c2ccc(C#N)cc2)n1. The van der Waals surface area contributed by atoms with Crippen molar-refractivity contribution in [2.45, 2.75) is 33.2 Å². The van der Waals surface area contributed by atoms with E-state index < -0.39 is 0 Å². The van der Waals surface area contributed by atoms with Crippen LogP contribution >= 0.6 is 0 Å². The average molecular weight is 268 g/mol. The summed E-state index contributed by atoms with van der Waals surface area (Å²) in [6.45, 7) is 4.16. The highest BCUT2D eigenvalue weighted by Gasteiger charge is 2.12. The standard InChI is InChI=1S/C15H16N4O/c1-3-14-17-15(4-2)19(18-14)10-13(20)12-7-5-11(9-16)6-8-12/h5-8H,3-4,10H2,1-2H3. The number of nitrogens with zero attached hydrogens (tertiary/aromatic N) is 4. The third-order valence-corrected chi connectivity index (χ3v) is 3.05. The van der Waals surface area contributed by atoms with E-state index in [2.05, 4.69) is 10.1 Å². The highest BCUT2D eigenvalue weighted by atomic mass is 16.1. The normalized spacial score (nSPS) is 10.2. The Morgan fingerprint density at radius 3 is 2.50 bits per heavy atom. The van der Waals surface area contributed by atoms with Crippen LogP contribution in [0.25, 0.3) is 0 Å². The third-order valence-electron chi connectivity index (χ3n) is 3.05. The van der Waals surface area contributed by atoms with E-state index in [0.717, 1.165) is 24.5 Å². The molecule has 0 aliphatic rings. The molecule has 1 aromatic carbocycles. The zero-order chi connectivity index (χ0) is 14.5. The second-order valence-corrected chi connectivity index (χ2v) is 4.42. The number of benzene rings is 1. The molecule has 0 bridgehead atoms. The number of hydrogen-bond donors (Lipinski definition) is 0. The first-order valence-corrected chi connectivity index (χ1v) is 6.63. The molecular weight excluding hydrogens is 252 g/mol. The Morgan fingerprint density at radius 2 is 1.95 bits per heavy atom. The van der Waals surface area contributed by atoms with Gasteiger partial charge >= 0.3 is 0 Å². The predicted molar refractivity (Wildman–Crippen MR) is 74.3 cm³/mol. The Hall–Kier alpha value is -2.48. The van der Waals surface area contributed by atoms with Crippen LogP contribution in [0.3, 0.4) is 0 Å². The first kappa shape index (κ1) is 13.9. The van der Waals surface area contributed by atoms with Crippen LogP contribution in [-0.2, 0) is 19.4 Å². The minimum Gasteiger partial charge on any atom is -0.292 e. The fourth-order valence-corrected chi connectivity index (χ4v) is 1.92. The maximum Gasteiger partial charge on any atom is 0.184 e. The van der Waals surface area contributed by atoms with E-state index in [0.29, 0.717) is 11.1 Å². The van der Waals surface area contributed by atoms with Gasteiger partial charge < -0.3 is 0 Å². The molecule has 102 valence electrons. The van der Waals surface area contributed by atoms with Crippen molar-refractivity contribution >= 4 is 5.78 Å². The highest BCUT2D eigenvalue weighted by Crippen LogP contribution is 2.07. The zero-order valence-corrected chi connectivity index (χ0v) is 11.6. The summed E-state index contributed by atoms with van der Waals surface area (Å²) in [5.74, 6) is 1.55. The van der Waals surface area contributed by atoms with Crippen molar-refractivity contribution in [3.8, 4) is 6.07 Å². The molecule has 0 radical (unpaired) electrons. The van der Waals surface area contributed by atoms with Crippen molar-refractivity contribution in [2.24, 2.45) is 0 Å². The van der Waals surface area contributed by atoms with Crippen molar-refractivity contribution < 1.29 is 4.79 Å². The summed E-state index contributed by atoms with van der Waals surface area (Å²) in [7, 11) is 0. The Morgan fingerprint density at radius 1 is 1.25 bits per heavy atom. The fraction of sp³-hybridized carbons (Fsp3) is 0.333. The molecule has 1 aromatic heterocycles. The first-order chi connectivity index (χ1) is 9.67. The molecule has 0 saturated carbocycles. The minimum absolute atomic E-state index is 0.0308. The van der Waals surface area contributed by atoms with Crippen LogP contribution in [0.4, 0.5) is 0 Å². The Balaban J connectivity index is 2.18. The molecule has 5 heteroatoms. The van der Waals surface area contributed by atoms with Gasteiger partial charge in [0.25, 0.3) is 0 Å². The average Bonchev–Trinajstić information content (AvgIpc) is 2.89. The molecule has 0 fully saturated rings. The van der Waals surface area contributed by atoms with Gasteiger partial charge in [-0.25, -0.2) is 9.67 Å². The predicted octanol–water partition coefficient (Wildman–Crippen LogP) is 2.16. The van der Waals surface area contributed by atoms with Gasteiger partial charge in [0.1, 0.15) is 12.4 Å². The highest BCUT2D eigenvalue weighted by molar-refractivity contribution is 5.95. The maximum absolute atomic E-state index is 12.2. The Labute approximate surface area is 117 Å². The van der Waals surface area contributed by atoms with Gasteiger partial charge in [0.05, 0.1) is 11.6 Å². The number of aromatic nitrogens is 3. The van der Waals surface area contributed by atoms with Gasteiger partial charge in [0.15, 0.2) is 11.6 Å². The molecule has 0 amide bonds. The molecule has 0 N–H and O–H groups in total. The van der Waals surface area contributed by atoms with Crippen molar-refractivity contribution in [2.75, 3.05) is 0 Å². The molecule has 1 heterocycles. The van der Waals surface area contributed by atoms with Gasteiger partial charge in [-0.2, -0.15) is 10.4 Å². The Kier molecular flexibility index (Phi) is 4.26. The van der Waals surface area contributed by atoms with Crippen molar-refractivity contribution in [3.63, 3.8) is 0 Å². The van der Waals surface area contributed by atoms with Crippen LogP contribution in [0, 0.1) is 11.3 Å². The number of hydrogen-bond acceptors (Lipinski definition) is 4. The summed E-state index contributed by atoms with van der Waals surface area (Å²) in [6.07, 6.45) is 1.50. The van der Waals surface area contributed by atoms with Crippen LogP contribution in [0.2, 0.25) is 0 Å². The van der Waals surface area contributed by atoms with Crippen LogP contribution < -0.4 is 0 Å². The second-order valence-electron chi connectivity index (χ2n) is 4.42. The number of nitriles is 1. The number of ketones is 1. The molecule has 20 heavy (non-hydrogen) atoms. The smallest absolute Gasteiger partial charge is 0.184 e. The summed E-state index contributed by atoms with van der Waals surface area (Å²) >= 11 is 0. The molecule has 5 nitrogen and oxygen atoms in total. The first-order valence-electron chi connectivity index (χ1n) is 6.63. The number of carbonyl (C=O) groups excluding carboxylic acids is 1. The lowest BCUT2D eigenvalue weighted by Gasteiger charge is -2.04. The summed E-state index contributed by atoms with van der Waals surface area (Å²) in [5, 5.41) is 13.1. The number of aryl methyl sites for hydroxylation is 2. The number of Topliss-reactive ketones (excluding diaryl/α,β-unsaturated/α-hetero) is 1. The zero-order valence-electron chi connectivity index (χ0n) is 11.6. The van der Waals surface area contributed by atoms with Gasteiger partial charge in [-0.05, 0) is 12.1 Å². The van der Waals surface area contributed by atoms with E-state index >= 15 is 0 Å². The molecule has 0 unspecified atom stereocenters. The lowest BCUT2D eigenvalue weighted by atomic mass is 10.1. The second kappa shape index (κ2) is 6.11. The summed E-state index contributed by atoms with van der Waals surface area (Å²) in [6, 6.07) is 8.67. The summed E-state index contributed by atoms with van der Waals surface area (Å²) in [5.41, 5.74) is 1.13. The third kappa shape index (κ3) is 2.91. The van der Waals surface area contributed by atoms with E-state index in [1.165, 1.54) is 0 Å². The summed E-state index contributed by atoms with van der Waals surface area (Å²) < 4.78 is 1.67. The van der Waals surface area contributed by atoms with Gasteiger partial charge in [-0.1, -0.05) is 26.0 Å². The van der Waals surface area contributed by atoms with Crippen LogP contribution in [-0.4, -0.2) is 20.5 Å². The van der Waals surface area contributed by atoms with Crippen molar-refractivity contribution in [3.05, 3.63) is 47.0 Å². The van der Waals surface area contributed by atoms with Crippen LogP contribution in [0.5, 0.6) is 0 Å². The van der Waals surface area contributed by atoms with E-state index in [9.17, 15) is 4.79 Å². The lowest BCUT2D eigenvalue weighted by Crippen LogP contribution is -2.14. The fourth-order valence-electron chi connectivity index (χ4n) is 1.92. The van der Waals surface area contributed by atoms with Crippen molar-refractivity contribution in [1.82, 2.24) is 14.8 Å². The lowest BCUT2D eigenvalue weighted by molar-refractivity contribution is 0.0966. The van der Waals surface area contributed by atoms with Gasteiger partial charge in [0.2, 0.25) is 0 Å². The topological polar surface area (TPSA) is 71.6 Å². The van der Waals surface area contributed by atoms with E-state index in [4.69, 9.17) is 5.26 Å². The molecule has 2 aromatic rings. The molecule has 0 saturated heterocycles. The van der Waals surface area contributed by atoms with Gasteiger partial charge in [-0.3, -0.25) is 4.79 Å². The van der Waals surface area contributed by atoms with Gasteiger partial charge in [0, 0.05) is 18.4 Å². The van der Waals surface area contributed by atoms with E-state index in [1.54, 1.807) is 28.9 Å². The number of rotatable bonds is 5. The molecular formula is C15H16N4O. The minimum atomic E-state index is -0.0308. The van der Waals surface area contributed by atoms with Crippen LogP contribution in [0.15, 0.2) is 24.3 Å². The van der Waals surface area contributed by atoms with Crippen molar-refractivity contribution in [1.29, 1.82) is 5.26 Å². The molecule has 0 spiro atoms. The van der Waals surface area contributed by atoms with Gasteiger partial charge in [-0.15, -0.1) is 0 Å². The Bertz CT molecular complexity index is 650. The largest absolute Gasteiger partial charge is 0.292 e. The molecule has 0 aliphatic carbocycles. The molecule has 0 aliphatic heterocycles. The van der Waals surface area contributed by atoms with Crippen LogP contribution in [0.1, 0.15) is 41.4 Å². The summed E-state index contributed by atoms with van der Waals surface area (Å²) in [4.78, 5) is 16.6. The molecule has 2 rings (SSSR count). The van der Waals surface area contributed by atoms with E-state index in [-0.39, 0.29) is 12.3 Å².